The molecule has 0 spiro atoms. The van der Waals surface area contributed by atoms with Crippen LogP contribution in [-0.4, -0.2) is 12.6 Å². The Morgan fingerprint density at radius 3 is 2.59 bits per heavy atom. The molecule has 1 nitrogen and oxygen atoms in total. The average Bonchev–Trinajstić information content (AvgIpc) is 2.99. The van der Waals surface area contributed by atoms with Crippen molar-refractivity contribution in [2.75, 3.05) is 6.54 Å². The summed E-state index contributed by atoms with van der Waals surface area (Å²) in [5, 5.41) is 3.85. The Balaban J connectivity index is 1.43. The molecule has 96 valence electrons. The number of allylic oxidation sites excluding steroid dienone is 2. The first-order valence-electron chi connectivity index (χ1n) is 7.74. The van der Waals surface area contributed by atoms with Crippen LogP contribution in [0.2, 0.25) is 0 Å². The number of rotatable bonds is 4. The molecule has 3 unspecified atom stereocenters. The lowest BCUT2D eigenvalue weighted by Gasteiger charge is -2.30. The SMILES string of the molecule is C[C@@H](NCC1CC2C=CC1C2)C1CCCCC1. The van der Waals surface area contributed by atoms with E-state index in [0.29, 0.717) is 0 Å². The van der Waals surface area contributed by atoms with Gasteiger partial charge in [0.05, 0.1) is 0 Å². The van der Waals surface area contributed by atoms with Gasteiger partial charge in [0.2, 0.25) is 0 Å². The van der Waals surface area contributed by atoms with E-state index >= 15 is 0 Å². The second-order valence-corrected chi connectivity index (χ2v) is 6.64. The number of nitrogens with one attached hydrogen (secondary N) is 1. The van der Waals surface area contributed by atoms with Gasteiger partial charge < -0.3 is 5.32 Å². The molecule has 0 aromatic heterocycles. The second kappa shape index (κ2) is 5.14. The maximum absolute atomic E-state index is 3.85. The van der Waals surface area contributed by atoms with E-state index in [9.17, 15) is 0 Å². The zero-order chi connectivity index (χ0) is 11.7. The van der Waals surface area contributed by atoms with Crippen molar-refractivity contribution in [3.05, 3.63) is 12.2 Å². The smallest absolute Gasteiger partial charge is 0.00671 e. The van der Waals surface area contributed by atoms with Crippen molar-refractivity contribution < 1.29 is 0 Å². The number of fused-ring (bicyclic) bond motifs is 2. The molecule has 0 amide bonds. The van der Waals surface area contributed by atoms with Gasteiger partial charge >= 0.3 is 0 Å². The molecule has 0 aromatic carbocycles. The Morgan fingerprint density at radius 1 is 1.12 bits per heavy atom. The summed E-state index contributed by atoms with van der Waals surface area (Å²) in [5.74, 6) is 3.73. The summed E-state index contributed by atoms with van der Waals surface area (Å²) in [7, 11) is 0. The van der Waals surface area contributed by atoms with Crippen molar-refractivity contribution in [3.63, 3.8) is 0 Å². The lowest BCUT2D eigenvalue weighted by atomic mass is 9.84. The first-order valence-corrected chi connectivity index (χ1v) is 7.74. The van der Waals surface area contributed by atoms with Crippen LogP contribution in [0.1, 0.15) is 51.9 Å². The summed E-state index contributed by atoms with van der Waals surface area (Å²) in [6, 6.07) is 0.749. The van der Waals surface area contributed by atoms with Crippen LogP contribution < -0.4 is 5.32 Å². The number of hydrogen-bond acceptors (Lipinski definition) is 1. The third kappa shape index (κ3) is 2.59. The molecule has 0 heterocycles. The van der Waals surface area contributed by atoms with Crippen molar-refractivity contribution in [1.29, 1.82) is 0 Å². The molecule has 1 heteroatoms. The molecule has 3 aliphatic rings. The highest BCUT2D eigenvalue weighted by Crippen LogP contribution is 2.43. The van der Waals surface area contributed by atoms with Crippen LogP contribution >= 0.6 is 0 Å². The normalized spacial score (nSPS) is 38.8. The minimum atomic E-state index is 0.749. The molecule has 2 saturated carbocycles. The topological polar surface area (TPSA) is 12.0 Å². The largest absolute Gasteiger partial charge is 0.314 e. The van der Waals surface area contributed by atoms with E-state index in [1.54, 1.807) is 0 Å². The van der Waals surface area contributed by atoms with Crippen molar-refractivity contribution in [2.45, 2.75) is 57.9 Å². The quantitative estimate of drug-likeness (QED) is 0.729. The summed E-state index contributed by atoms with van der Waals surface area (Å²) in [5.41, 5.74) is 0. The lowest BCUT2D eigenvalue weighted by molar-refractivity contribution is 0.265. The Hall–Kier alpha value is -0.300. The van der Waals surface area contributed by atoms with Gasteiger partial charge in [0.25, 0.3) is 0 Å². The van der Waals surface area contributed by atoms with E-state index in [1.807, 2.05) is 0 Å². The van der Waals surface area contributed by atoms with E-state index in [0.717, 1.165) is 29.7 Å². The van der Waals surface area contributed by atoms with Crippen LogP contribution in [0.4, 0.5) is 0 Å². The Labute approximate surface area is 106 Å². The van der Waals surface area contributed by atoms with Crippen molar-refractivity contribution in [3.8, 4) is 0 Å². The van der Waals surface area contributed by atoms with Gasteiger partial charge in [-0.3, -0.25) is 0 Å². The predicted molar refractivity (Wildman–Crippen MR) is 72.9 cm³/mol. The Kier molecular flexibility index (Phi) is 3.56. The molecule has 2 bridgehead atoms. The monoisotopic (exact) mass is 233 g/mol. The molecule has 0 aromatic rings. The van der Waals surface area contributed by atoms with Crippen molar-refractivity contribution in [1.82, 2.24) is 5.32 Å². The highest BCUT2D eigenvalue weighted by atomic mass is 14.9. The van der Waals surface area contributed by atoms with Crippen molar-refractivity contribution in [2.24, 2.45) is 23.7 Å². The van der Waals surface area contributed by atoms with Gasteiger partial charge in [-0.15, -0.1) is 0 Å². The van der Waals surface area contributed by atoms with Gasteiger partial charge in [0.1, 0.15) is 0 Å². The maximum atomic E-state index is 3.85. The Bertz CT molecular complexity index is 277. The molecule has 0 saturated heterocycles. The highest BCUT2D eigenvalue weighted by Gasteiger charge is 2.35. The fourth-order valence-electron chi connectivity index (χ4n) is 4.27. The van der Waals surface area contributed by atoms with Crippen LogP contribution in [0.3, 0.4) is 0 Å². The van der Waals surface area contributed by atoms with Crippen molar-refractivity contribution >= 4 is 0 Å². The predicted octanol–water partition coefficient (Wildman–Crippen LogP) is 3.76. The van der Waals surface area contributed by atoms with Gasteiger partial charge in [-0.2, -0.15) is 0 Å². The molecular weight excluding hydrogens is 206 g/mol. The fourth-order valence-corrected chi connectivity index (χ4v) is 4.27. The van der Waals surface area contributed by atoms with E-state index in [-0.39, 0.29) is 0 Å². The molecule has 3 aliphatic carbocycles. The molecule has 3 rings (SSSR count). The van der Waals surface area contributed by atoms with Crippen LogP contribution in [0, 0.1) is 23.7 Å². The molecule has 4 atom stereocenters. The number of hydrogen-bond donors (Lipinski definition) is 1. The first-order chi connectivity index (χ1) is 8.33. The second-order valence-electron chi connectivity index (χ2n) is 6.64. The molecular formula is C16H27N. The van der Waals surface area contributed by atoms with Crippen LogP contribution in [-0.2, 0) is 0 Å². The lowest BCUT2D eigenvalue weighted by Crippen LogP contribution is -2.38. The van der Waals surface area contributed by atoms with E-state index in [4.69, 9.17) is 0 Å². The fraction of sp³-hybridized carbons (Fsp3) is 0.875. The zero-order valence-corrected chi connectivity index (χ0v) is 11.2. The molecule has 2 fully saturated rings. The Morgan fingerprint density at radius 2 is 1.94 bits per heavy atom. The first kappa shape index (κ1) is 11.8. The summed E-state index contributed by atoms with van der Waals surface area (Å²) >= 11 is 0. The highest BCUT2D eigenvalue weighted by molar-refractivity contribution is 5.10. The molecule has 0 radical (unpaired) electrons. The summed E-state index contributed by atoms with van der Waals surface area (Å²) in [6.07, 6.45) is 15.2. The third-order valence-corrected chi connectivity index (χ3v) is 5.48. The van der Waals surface area contributed by atoms with Gasteiger partial charge in [0.15, 0.2) is 0 Å². The van der Waals surface area contributed by atoms with E-state index in [1.165, 1.54) is 51.5 Å². The van der Waals surface area contributed by atoms with E-state index < -0.39 is 0 Å². The minimum absolute atomic E-state index is 0.749. The standard InChI is InChI=1S/C16H27N/c1-12(14-5-3-2-4-6-14)17-11-16-10-13-7-8-15(16)9-13/h7-8,12-17H,2-6,9-11H2,1H3/t12-,13?,15?,16?/m1/s1. The molecule has 1 N–H and O–H groups in total. The maximum Gasteiger partial charge on any atom is 0.00671 e. The van der Waals surface area contributed by atoms with Gasteiger partial charge in [0, 0.05) is 6.04 Å². The van der Waals surface area contributed by atoms with E-state index in [2.05, 4.69) is 24.4 Å². The molecule has 0 aliphatic heterocycles. The summed E-state index contributed by atoms with van der Waals surface area (Å²) in [4.78, 5) is 0. The van der Waals surface area contributed by atoms with Gasteiger partial charge in [-0.1, -0.05) is 31.4 Å². The van der Waals surface area contributed by atoms with Crippen LogP contribution in [0.15, 0.2) is 12.2 Å². The molecule has 17 heavy (non-hydrogen) atoms. The van der Waals surface area contributed by atoms with Crippen LogP contribution in [0.5, 0.6) is 0 Å². The third-order valence-electron chi connectivity index (χ3n) is 5.48. The summed E-state index contributed by atoms with van der Waals surface area (Å²) in [6.45, 7) is 3.68. The van der Waals surface area contributed by atoms with Gasteiger partial charge in [-0.25, -0.2) is 0 Å². The van der Waals surface area contributed by atoms with Crippen LogP contribution in [0.25, 0.3) is 0 Å². The average molecular weight is 233 g/mol. The minimum Gasteiger partial charge on any atom is -0.314 e. The van der Waals surface area contributed by atoms with Gasteiger partial charge in [-0.05, 0) is 62.8 Å². The summed E-state index contributed by atoms with van der Waals surface area (Å²) < 4.78 is 0. The zero-order valence-electron chi connectivity index (χ0n) is 11.2.